The lowest BCUT2D eigenvalue weighted by atomic mass is 10.00. The number of rotatable bonds is 0. The molecule has 0 aromatic heterocycles. The predicted octanol–water partition coefficient (Wildman–Crippen LogP) is 3.67. The zero-order valence-corrected chi connectivity index (χ0v) is 14.4. The first-order valence-corrected chi connectivity index (χ1v) is 8.27. The van der Waals surface area contributed by atoms with Gasteiger partial charge in [0.05, 0.1) is 29.4 Å². The number of hydrogen-bond donors (Lipinski definition) is 2. The fraction of sp³-hybridized carbons (Fsp3) is 0.200. The topological polar surface area (TPSA) is 58.5 Å². The Kier molecular flexibility index (Phi) is 2.87. The molecule has 6 heteroatoms. The molecule has 0 aliphatic carbocycles. The molecule has 0 saturated heterocycles. The molecule has 0 atom stereocenters. The molecule has 2 aromatic rings. The monoisotopic (exact) mass is 408 g/mol. The summed E-state index contributed by atoms with van der Waals surface area (Å²) in [5.41, 5.74) is 18.9. The van der Waals surface area contributed by atoms with Gasteiger partial charge in [-0.25, -0.2) is 0 Å². The molecule has 2 bridgehead atoms. The van der Waals surface area contributed by atoms with Gasteiger partial charge in [-0.1, -0.05) is 31.9 Å². The molecule has 21 heavy (non-hydrogen) atoms. The Hall–Kier alpha value is -1.40. The summed E-state index contributed by atoms with van der Waals surface area (Å²) in [6, 6.07) is 8.23. The second kappa shape index (κ2) is 4.55. The van der Waals surface area contributed by atoms with Gasteiger partial charge in [0.2, 0.25) is 0 Å². The zero-order valence-electron chi connectivity index (χ0n) is 11.2. The zero-order chi connectivity index (χ0) is 14.7. The van der Waals surface area contributed by atoms with E-state index in [1.54, 1.807) is 0 Å². The summed E-state index contributed by atoms with van der Waals surface area (Å²) in [6.07, 6.45) is 0. The van der Waals surface area contributed by atoms with E-state index >= 15 is 0 Å². The molecule has 4 rings (SSSR count). The number of halogens is 2. The van der Waals surface area contributed by atoms with Crippen molar-refractivity contribution in [2.45, 2.75) is 13.1 Å². The maximum absolute atomic E-state index is 6.23. The van der Waals surface area contributed by atoms with E-state index in [4.69, 9.17) is 11.5 Å². The van der Waals surface area contributed by atoms with Crippen LogP contribution in [0.15, 0.2) is 33.2 Å². The molecule has 0 radical (unpaired) electrons. The van der Waals surface area contributed by atoms with Crippen LogP contribution in [0.25, 0.3) is 0 Å². The number of hydrogen-bond acceptors (Lipinski definition) is 4. The number of benzene rings is 2. The summed E-state index contributed by atoms with van der Waals surface area (Å²) >= 11 is 7.06. The van der Waals surface area contributed by atoms with Crippen molar-refractivity contribution in [3.05, 3.63) is 44.3 Å². The van der Waals surface area contributed by atoms with Crippen LogP contribution in [-0.2, 0) is 13.1 Å². The van der Waals surface area contributed by atoms with Gasteiger partial charge in [0.25, 0.3) is 0 Å². The van der Waals surface area contributed by atoms with Crippen molar-refractivity contribution in [2.24, 2.45) is 0 Å². The normalized spacial score (nSPS) is 15.7. The van der Waals surface area contributed by atoms with E-state index in [2.05, 4.69) is 53.8 Å². The van der Waals surface area contributed by atoms with Gasteiger partial charge in [-0.3, -0.25) is 0 Å². The molecule has 0 spiro atoms. The van der Waals surface area contributed by atoms with E-state index in [9.17, 15) is 0 Å². The molecule has 2 aromatic carbocycles. The third-order valence-electron chi connectivity index (χ3n) is 4.06. The quantitative estimate of drug-likeness (QED) is 0.651. The molecule has 0 amide bonds. The van der Waals surface area contributed by atoms with E-state index in [-0.39, 0.29) is 0 Å². The van der Waals surface area contributed by atoms with Crippen LogP contribution in [0, 0.1) is 0 Å². The van der Waals surface area contributed by atoms with Crippen LogP contribution < -0.4 is 21.3 Å². The molecule has 2 aliphatic heterocycles. The number of nitrogen functional groups attached to an aromatic ring is 2. The molecule has 108 valence electrons. The van der Waals surface area contributed by atoms with Crippen molar-refractivity contribution in [3.63, 3.8) is 0 Å². The average Bonchev–Trinajstić information content (AvgIpc) is 2.35. The number of nitrogens with zero attached hydrogens (tertiary/aromatic N) is 2. The van der Waals surface area contributed by atoms with Crippen LogP contribution in [0.1, 0.15) is 11.1 Å². The van der Waals surface area contributed by atoms with E-state index < -0.39 is 0 Å². The molecule has 4 N–H and O–H groups in total. The molecule has 2 heterocycles. The standard InChI is InChI=1S/C15H14Br2N4/c16-10-1-8-5-20-7-21(14(8)12(18)3-10)6-9-2-11(17)4-13(19)15(9)20/h1-4H,5-7,18-19H2. The van der Waals surface area contributed by atoms with Crippen molar-refractivity contribution < 1.29 is 0 Å². The van der Waals surface area contributed by atoms with Gasteiger partial charge in [-0.05, 0) is 35.4 Å². The lowest BCUT2D eigenvalue weighted by Gasteiger charge is -2.45. The van der Waals surface area contributed by atoms with Crippen molar-refractivity contribution >= 4 is 54.6 Å². The highest BCUT2D eigenvalue weighted by Crippen LogP contribution is 2.44. The average molecular weight is 410 g/mol. The second-order valence-corrected chi connectivity index (χ2v) is 7.37. The summed E-state index contributed by atoms with van der Waals surface area (Å²) in [6.45, 7) is 2.49. The lowest BCUT2D eigenvalue weighted by molar-refractivity contribution is 0.652. The van der Waals surface area contributed by atoms with Crippen molar-refractivity contribution in [1.29, 1.82) is 0 Å². The minimum Gasteiger partial charge on any atom is -0.397 e. The van der Waals surface area contributed by atoms with E-state index in [1.807, 2.05) is 12.1 Å². The lowest BCUT2D eigenvalue weighted by Crippen LogP contribution is -2.46. The predicted molar refractivity (Wildman–Crippen MR) is 94.3 cm³/mol. The van der Waals surface area contributed by atoms with Gasteiger partial charge in [0, 0.05) is 22.0 Å². The fourth-order valence-electron chi connectivity index (χ4n) is 3.39. The molecular formula is C15H14Br2N4. The highest BCUT2D eigenvalue weighted by Gasteiger charge is 2.32. The van der Waals surface area contributed by atoms with Crippen LogP contribution in [-0.4, -0.2) is 6.67 Å². The Morgan fingerprint density at radius 2 is 1.19 bits per heavy atom. The van der Waals surface area contributed by atoms with Crippen LogP contribution in [0.2, 0.25) is 0 Å². The highest BCUT2D eigenvalue weighted by atomic mass is 79.9. The van der Waals surface area contributed by atoms with Crippen LogP contribution >= 0.6 is 31.9 Å². The second-order valence-electron chi connectivity index (χ2n) is 5.54. The fourth-order valence-corrected chi connectivity index (χ4v) is 4.43. The minimum absolute atomic E-state index is 0.824. The van der Waals surface area contributed by atoms with E-state index in [0.29, 0.717) is 0 Å². The molecule has 4 nitrogen and oxygen atoms in total. The first kappa shape index (κ1) is 13.3. The molecule has 0 unspecified atom stereocenters. The van der Waals surface area contributed by atoms with Crippen LogP contribution in [0.5, 0.6) is 0 Å². The number of fused-ring (bicyclic) bond motifs is 6. The molecule has 0 saturated carbocycles. The van der Waals surface area contributed by atoms with Gasteiger partial charge in [-0.2, -0.15) is 0 Å². The Morgan fingerprint density at radius 3 is 1.62 bits per heavy atom. The first-order chi connectivity index (χ1) is 10.0. The van der Waals surface area contributed by atoms with Gasteiger partial charge in [-0.15, -0.1) is 0 Å². The Labute approximate surface area is 140 Å². The number of anilines is 4. The SMILES string of the molecule is Nc1cc(Br)cc2c1N1Cc3cc(Br)cc(N)c3N(C2)C1. The van der Waals surface area contributed by atoms with E-state index in [0.717, 1.165) is 51.5 Å². The van der Waals surface area contributed by atoms with Crippen LogP contribution in [0.3, 0.4) is 0 Å². The van der Waals surface area contributed by atoms with Gasteiger partial charge in [0.1, 0.15) is 0 Å². The third-order valence-corrected chi connectivity index (χ3v) is 4.98. The van der Waals surface area contributed by atoms with Gasteiger partial charge < -0.3 is 21.3 Å². The number of nitrogens with two attached hydrogens (primary N) is 2. The minimum atomic E-state index is 0.824. The molecule has 0 fully saturated rings. The largest absolute Gasteiger partial charge is 0.397 e. The summed E-state index contributed by atoms with van der Waals surface area (Å²) in [4.78, 5) is 4.63. The third kappa shape index (κ3) is 2.00. The van der Waals surface area contributed by atoms with Gasteiger partial charge >= 0.3 is 0 Å². The molecule has 2 aliphatic rings. The van der Waals surface area contributed by atoms with E-state index in [1.165, 1.54) is 11.1 Å². The van der Waals surface area contributed by atoms with Crippen molar-refractivity contribution in [1.82, 2.24) is 0 Å². The summed E-state index contributed by atoms with van der Waals surface area (Å²) in [5.74, 6) is 0. The Balaban J connectivity index is 1.89. The van der Waals surface area contributed by atoms with Crippen molar-refractivity contribution in [3.8, 4) is 0 Å². The van der Waals surface area contributed by atoms with Gasteiger partial charge in [0.15, 0.2) is 0 Å². The maximum atomic E-state index is 6.23. The smallest absolute Gasteiger partial charge is 0.0911 e. The maximum Gasteiger partial charge on any atom is 0.0911 e. The summed E-state index contributed by atoms with van der Waals surface area (Å²) in [7, 11) is 0. The highest BCUT2D eigenvalue weighted by molar-refractivity contribution is 9.10. The summed E-state index contributed by atoms with van der Waals surface area (Å²) < 4.78 is 2.04. The Morgan fingerprint density at radius 1 is 0.762 bits per heavy atom. The first-order valence-electron chi connectivity index (χ1n) is 6.68. The Bertz CT molecular complexity index is 696. The summed E-state index contributed by atoms with van der Waals surface area (Å²) in [5, 5.41) is 0. The van der Waals surface area contributed by atoms with Crippen molar-refractivity contribution in [2.75, 3.05) is 27.9 Å². The molecular weight excluding hydrogens is 396 g/mol. The van der Waals surface area contributed by atoms with Crippen LogP contribution in [0.4, 0.5) is 22.7 Å².